The van der Waals surface area contributed by atoms with Gasteiger partial charge in [0.1, 0.15) is 0 Å². The van der Waals surface area contributed by atoms with E-state index in [0.717, 1.165) is 46.1 Å². The quantitative estimate of drug-likeness (QED) is 0.233. The molecule has 0 unspecified atom stereocenters. The second kappa shape index (κ2) is 7.93. The molecule has 0 amide bonds. The van der Waals surface area contributed by atoms with Crippen molar-refractivity contribution in [2.45, 2.75) is 57.8 Å². The first-order valence-electron chi connectivity index (χ1n) is 12.5. The van der Waals surface area contributed by atoms with Crippen LogP contribution in [-0.4, -0.2) is 15.7 Å². The van der Waals surface area contributed by atoms with E-state index < -0.39 is 0 Å². The molecule has 4 saturated carbocycles. The fourth-order valence-electron chi connectivity index (χ4n) is 7.57. The van der Waals surface area contributed by atoms with Crippen LogP contribution in [0.1, 0.15) is 61.0 Å². The molecule has 34 heavy (non-hydrogen) atoms. The van der Waals surface area contributed by atoms with Crippen molar-refractivity contribution in [2.75, 3.05) is 0 Å². The lowest BCUT2D eigenvalue weighted by Gasteiger charge is -2.57. The van der Waals surface area contributed by atoms with E-state index >= 15 is 0 Å². The molecule has 0 aliphatic heterocycles. The molecule has 0 radical (unpaired) electrons. The third-order valence-corrected chi connectivity index (χ3v) is 8.64. The summed E-state index contributed by atoms with van der Waals surface area (Å²) < 4.78 is 2.05. The summed E-state index contributed by atoms with van der Waals surface area (Å²) in [4.78, 5) is 15.6. The normalized spacial score (nSPS) is 27.5. The molecule has 4 fully saturated rings. The summed E-state index contributed by atoms with van der Waals surface area (Å²) in [6, 6.07) is 17.8. The first kappa shape index (κ1) is 21.3. The van der Waals surface area contributed by atoms with Gasteiger partial charge in [0.05, 0.1) is 16.3 Å². The highest BCUT2D eigenvalue weighted by molar-refractivity contribution is 5.84. The molecule has 4 bridgehead atoms. The van der Waals surface area contributed by atoms with Gasteiger partial charge in [-0.3, -0.25) is 15.1 Å². The Hall–Kier alpha value is -3.21. The first-order valence-corrected chi connectivity index (χ1v) is 12.5. The molecule has 7 rings (SSSR count). The number of nitro benzene ring substituents is 1. The van der Waals surface area contributed by atoms with Gasteiger partial charge in [0.25, 0.3) is 5.69 Å². The molecule has 0 saturated heterocycles. The summed E-state index contributed by atoms with van der Waals surface area (Å²) in [5.41, 5.74) is 6.86. The van der Waals surface area contributed by atoms with E-state index in [4.69, 9.17) is 4.99 Å². The average molecular weight is 454 g/mol. The molecule has 0 N–H and O–H groups in total. The molecular weight excluding hydrogens is 422 g/mol. The minimum Gasteiger partial charge on any atom is -0.318 e. The van der Waals surface area contributed by atoms with E-state index in [2.05, 4.69) is 30.3 Å². The van der Waals surface area contributed by atoms with E-state index in [1.165, 1.54) is 50.2 Å². The summed E-state index contributed by atoms with van der Waals surface area (Å²) in [6.07, 6.45) is 10.5. The van der Waals surface area contributed by atoms with Crippen LogP contribution >= 0.6 is 0 Å². The van der Waals surface area contributed by atoms with Gasteiger partial charge in [-0.1, -0.05) is 18.2 Å². The van der Waals surface area contributed by atoms with Crippen LogP contribution in [0.3, 0.4) is 0 Å². The molecule has 1 aromatic heterocycles. The standard InChI is InChI=1S/C29H31N3O2/c1-19-10-24(20(2)31(19)27-4-3-5-28(14-27)32(33)34)18-30-26-8-6-25(7-9-26)29-15-21-11-22(16-29)13-23(12-21)17-29/h3-10,14,18,21-23H,11-13,15-17H2,1-2H3. The highest BCUT2D eigenvalue weighted by Gasteiger charge is 2.51. The van der Waals surface area contributed by atoms with Crippen molar-refractivity contribution in [1.29, 1.82) is 0 Å². The Balaban J connectivity index is 1.24. The molecular formula is C29H31N3O2. The van der Waals surface area contributed by atoms with Crippen LogP contribution in [0.5, 0.6) is 0 Å². The zero-order valence-electron chi connectivity index (χ0n) is 19.9. The number of rotatable bonds is 5. The third-order valence-electron chi connectivity index (χ3n) is 8.64. The van der Waals surface area contributed by atoms with Gasteiger partial charge >= 0.3 is 0 Å². The highest BCUT2D eigenvalue weighted by Crippen LogP contribution is 2.60. The molecule has 174 valence electrons. The second-order valence-corrected chi connectivity index (χ2v) is 10.9. The lowest BCUT2D eigenvalue weighted by Crippen LogP contribution is -2.48. The summed E-state index contributed by atoms with van der Waals surface area (Å²) in [7, 11) is 0. The number of hydrogen-bond acceptors (Lipinski definition) is 3. The smallest absolute Gasteiger partial charge is 0.271 e. The van der Waals surface area contributed by atoms with Crippen LogP contribution in [0.4, 0.5) is 11.4 Å². The predicted molar refractivity (Wildman–Crippen MR) is 135 cm³/mol. The van der Waals surface area contributed by atoms with Crippen LogP contribution in [0.15, 0.2) is 59.6 Å². The van der Waals surface area contributed by atoms with Crippen molar-refractivity contribution in [3.05, 3.63) is 87.2 Å². The van der Waals surface area contributed by atoms with Crippen LogP contribution in [0, 0.1) is 41.7 Å². The lowest BCUT2D eigenvalue weighted by atomic mass is 9.48. The highest BCUT2D eigenvalue weighted by atomic mass is 16.6. The van der Waals surface area contributed by atoms with Crippen LogP contribution in [0.2, 0.25) is 0 Å². The van der Waals surface area contributed by atoms with Gasteiger partial charge in [0, 0.05) is 35.3 Å². The van der Waals surface area contributed by atoms with Gasteiger partial charge in [-0.2, -0.15) is 0 Å². The topological polar surface area (TPSA) is 60.4 Å². The minimum absolute atomic E-state index is 0.0966. The molecule has 5 heteroatoms. The van der Waals surface area contributed by atoms with Gasteiger partial charge in [-0.25, -0.2) is 0 Å². The van der Waals surface area contributed by atoms with Crippen molar-refractivity contribution in [3.63, 3.8) is 0 Å². The molecule has 5 nitrogen and oxygen atoms in total. The first-order chi connectivity index (χ1) is 16.4. The van der Waals surface area contributed by atoms with Crippen LogP contribution in [-0.2, 0) is 5.41 Å². The monoisotopic (exact) mass is 453 g/mol. The van der Waals surface area contributed by atoms with E-state index in [-0.39, 0.29) is 10.6 Å². The Bertz CT molecular complexity index is 1250. The maximum absolute atomic E-state index is 11.2. The summed E-state index contributed by atoms with van der Waals surface area (Å²) >= 11 is 0. The number of aryl methyl sites for hydroxylation is 1. The fraction of sp³-hybridized carbons (Fsp3) is 0.414. The molecule has 0 spiro atoms. The van der Waals surface area contributed by atoms with Crippen molar-refractivity contribution >= 4 is 17.6 Å². The number of hydrogen-bond donors (Lipinski definition) is 0. The number of nitrogens with zero attached hydrogens (tertiary/aromatic N) is 3. The second-order valence-electron chi connectivity index (χ2n) is 10.9. The number of non-ortho nitro benzene ring substituents is 1. The van der Waals surface area contributed by atoms with Gasteiger partial charge < -0.3 is 4.57 Å². The maximum Gasteiger partial charge on any atom is 0.271 e. The summed E-state index contributed by atoms with van der Waals surface area (Å²) in [6.45, 7) is 4.05. The van der Waals surface area contributed by atoms with Gasteiger partial charge in [0.2, 0.25) is 0 Å². The minimum atomic E-state index is -0.354. The number of aromatic nitrogens is 1. The zero-order valence-corrected chi connectivity index (χ0v) is 19.9. The molecule has 3 aromatic rings. The predicted octanol–water partition coefficient (Wildman–Crippen LogP) is 7.22. The SMILES string of the molecule is Cc1cc(C=Nc2ccc(C34CC5CC(CC(C5)C3)C4)cc2)c(C)n1-c1cccc([N+](=O)[O-])c1. The molecule has 1 heterocycles. The Labute approximate surface area is 200 Å². The van der Waals surface area contributed by atoms with Crippen molar-refractivity contribution in [1.82, 2.24) is 4.57 Å². The largest absolute Gasteiger partial charge is 0.318 e. The molecule has 2 aromatic carbocycles. The van der Waals surface area contributed by atoms with Gasteiger partial charge in [-0.15, -0.1) is 0 Å². The maximum atomic E-state index is 11.2. The van der Waals surface area contributed by atoms with E-state index in [0.29, 0.717) is 5.41 Å². The lowest BCUT2D eigenvalue weighted by molar-refractivity contribution is -0.384. The summed E-state index contributed by atoms with van der Waals surface area (Å²) in [5, 5.41) is 11.2. The van der Waals surface area contributed by atoms with Crippen molar-refractivity contribution in [2.24, 2.45) is 22.7 Å². The van der Waals surface area contributed by atoms with E-state index in [1.807, 2.05) is 30.7 Å². The number of benzene rings is 2. The Kier molecular flexibility index (Phi) is 4.98. The van der Waals surface area contributed by atoms with Gasteiger partial charge in [-0.05, 0) is 105 Å². The third kappa shape index (κ3) is 3.58. The number of nitro groups is 1. The van der Waals surface area contributed by atoms with E-state index in [1.54, 1.807) is 12.1 Å². The summed E-state index contributed by atoms with van der Waals surface area (Å²) in [5.74, 6) is 2.85. The Morgan fingerprint density at radius 1 is 0.971 bits per heavy atom. The Morgan fingerprint density at radius 2 is 1.62 bits per heavy atom. The number of aliphatic imine (C=N–C) groups is 1. The molecule has 4 aliphatic rings. The fourth-order valence-corrected chi connectivity index (χ4v) is 7.57. The van der Waals surface area contributed by atoms with Gasteiger partial charge in [0.15, 0.2) is 0 Å². The average Bonchev–Trinajstić information content (AvgIpc) is 3.10. The van der Waals surface area contributed by atoms with Crippen LogP contribution in [0.25, 0.3) is 5.69 Å². The van der Waals surface area contributed by atoms with Crippen molar-refractivity contribution in [3.8, 4) is 5.69 Å². The Morgan fingerprint density at radius 3 is 2.24 bits per heavy atom. The zero-order chi connectivity index (χ0) is 23.4. The van der Waals surface area contributed by atoms with Crippen LogP contribution < -0.4 is 0 Å². The van der Waals surface area contributed by atoms with E-state index in [9.17, 15) is 10.1 Å². The van der Waals surface area contributed by atoms with Crippen molar-refractivity contribution < 1.29 is 4.92 Å². The molecule has 0 atom stereocenters. The molecule has 4 aliphatic carbocycles.